The number of amides is 1. The number of carboxylic acids is 1. The van der Waals surface area contributed by atoms with E-state index in [0.717, 1.165) is 12.8 Å². The van der Waals surface area contributed by atoms with Crippen molar-refractivity contribution in [3.8, 4) is 0 Å². The van der Waals surface area contributed by atoms with Gasteiger partial charge in [0.05, 0.1) is 0 Å². The summed E-state index contributed by atoms with van der Waals surface area (Å²) in [6.45, 7) is 15.5. The summed E-state index contributed by atoms with van der Waals surface area (Å²) >= 11 is 1.71. The highest BCUT2D eigenvalue weighted by atomic mass is 32.2. The third kappa shape index (κ3) is 12.1. The van der Waals surface area contributed by atoms with Crippen LogP contribution in [0.1, 0.15) is 111 Å². The fourth-order valence-electron chi connectivity index (χ4n) is 3.68. The van der Waals surface area contributed by atoms with E-state index in [0.29, 0.717) is 18.6 Å². The molecule has 0 bridgehead atoms. The highest BCUT2D eigenvalue weighted by molar-refractivity contribution is 7.99. The van der Waals surface area contributed by atoms with Gasteiger partial charge in [-0.15, -0.1) is 11.8 Å². The van der Waals surface area contributed by atoms with Crippen LogP contribution in [0.2, 0.25) is 0 Å². The minimum absolute atomic E-state index is 0.00861. The molecule has 1 rings (SSSR count). The van der Waals surface area contributed by atoms with Gasteiger partial charge in [-0.3, -0.25) is 9.59 Å². The van der Waals surface area contributed by atoms with E-state index in [9.17, 15) is 14.7 Å². The Balaban J connectivity index is 2.82. The van der Waals surface area contributed by atoms with Crippen molar-refractivity contribution in [1.82, 2.24) is 5.32 Å². The van der Waals surface area contributed by atoms with Gasteiger partial charge in [-0.25, -0.2) is 0 Å². The molecule has 0 aliphatic rings. The molecule has 34 heavy (non-hydrogen) atoms. The van der Waals surface area contributed by atoms with Crippen molar-refractivity contribution in [2.75, 3.05) is 5.75 Å². The van der Waals surface area contributed by atoms with Gasteiger partial charge < -0.3 is 10.4 Å². The van der Waals surface area contributed by atoms with E-state index in [1.54, 1.807) is 11.8 Å². The molecule has 0 unspecified atom stereocenters. The maximum absolute atomic E-state index is 12.5. The number of carbonyl (C=O) groups is 2. The number of aliphatic carboxylic acids is 1. The lowest BCUT2D eigenvalue weighted by atomic mass is 9.81. The van der Waals surface area contributed by atoms with E-state index in [4.69, 9.17) is 0 Å². The van der Waals surface area contributed by atoms with E-state index in [2.05, 4.69) is 78.1 Å². The average Bonchev–Trinajstić information content (AvgIpc) is 2.73. The molecule has 1 atom stereocenters. The van der Waals surface area contributed by atoms with Crippen LogP contribution in [0.3, 0.4) is 0 Å². The molecule has 0 radical (unpaired) electrons. The number of nitrogens with one attached hydrogen (secondary N) is 1. The molecular formula is C29H47NO3S. The summed E-state index contributed by atoms with van der Waals surface area (Å²) in [6.07, 6.45) is 10.7. The van der Waals surface area contributed by atoms with Crippen LogP contribution < -0.4 is 5.32 Å². The number of unbranched alkanes of at least 4 members (excludes halogenated alkanes) is 4. The molecule has 4 nitrogen and oxygen atoms in total. The second-order valence-electron chi connectivity index (χ2n) is 11.2. The highest BCUT2D eigenvalue weighted by Gasteiger charge is 2.23. The number of thioether (sulfide) groups is 1. The Labute approximate surface area is 212 Å². The number of benzene rings is 1. The molecular weight excluding hydrogens is 442 g/mol. The summed E-state index contributed by atoms with van der Waals surface area (Å²) in [4.78, 5) is 24.9. The monoisotopic (exact) mass is 489 g/mol. The number of carbonyl (C=O) groups excluding carboxylic acids is 1. The first kappa shape index (κ1) is 30.3. The predicted molar refractivity (Wildman–Crippen MR) is 146 cm³/mol. The van der Waals surface area contributed by atoms with E-state index >= 15 is 0 Å². The smallest absolute Gasteiger partial charge is 0.303 e. The van der Waals surface area contributed by atoms with Crippen LogP contribution in [0.5, 0.6) is 0 Å². The summed E-state index contributed by atoms with van der Waals surface area (Å²) < 4.78 is 0. The minimum atomic E-state index is -0.832. The van der Waals surface area contributed by atoms with Crippen LogP contribution in [-0.2, 0) is 20.4 Å². The number of hydrogen-bond donors (Lipinski definition) is 2. The summed E-state index contributed by atoms with van der Waals surface area (Å²) in [6, 6.07) is 6.50. The van der Waals surface area contributed by atoms with Crippen molar-refractivity contribution >= 4 is 23.6 Å². The van der Waals surface area contributed by atoms with Crippen LogP contribution >= 0.6 is 11.8 Å². The highest BCUT2D eigenvalue weighted by Crippen LogP contribution is 2.36. The van der Waals surface area contributed by atoms with Gasteiger partial charge >= 0.3 is 5.97 Å². The SMILES string of the molecule is CCCCCC/C=C/CC(=O)N[C@@H](CCC(=O)O)CSc1ccc(C(C)(C)C)cc1C(C)(C)C. The summed E-state index contributed by atoms with van der Waals surface area (Å²) in [5, 5.41) is 12.2. The average molecular weight is 490 g/mol. The molecule has 0 saturated heterocycles. The molecule has 5 heteroatoms. The zero-order valence-corrected chi connectivity index (χ0v) is 23.3. The van der Waals surface area contributed by atoms with Crippen LogP contribution in [0, 0.1) is 0 Å². The van der Waals surface area contributed by atoms with Gasteiger partial charge in [0, 0.05) is 29.5 Å². The first-order valence-corrected chi connectivity index (χ1v) is 13.8. The largest absolute Gasteiger partial charge is 0.481 e. The quantitative estimate of drug-likeness (QED) is 0.160. The Hall–Kier alpha value is -1.75. The lowest BCUT2D eigenvalue weighted by Gasteiger charge is -2.28. The third-order valence-electron chi connectivity index (χ3n) is 5.86. The molecule has 0 saturated carbocycles. The predicted octanol–water partition coefficient (Wildman–Crippen LogP) is 7.64. The van der Waals surface area contributed by atoms with Crippen molar-refractivity contribution in [3.05, 3.63) is 41.5 Å². The van der Waals surface area contributed by atoms with Gasteiger partial charge in [-0.1, -0.05) is 92.0 Å². The van der Waals surface area contributed by atoms with Gasteiger partial charge in [-0.2, -0.15) is 0 Å². The Morgan fingerprint density at radius 2 is 1.74 bits per heavy atom. The van der Waals surface area contributed by atoms with Gasteiger partial charge in [0.15, 0.2) is 0 Å². The Bertz CT molecular complexity index is 803. The normalized spacial score (nSPS) is 13.3. The first-order chi connectivity index (χ1) is 15.8. The van der Waals surface area contributed by atoms with Crippen molar-refractivity contribution in [1.29, 1.82) is 0 Å². The third-order valence-corrected chi connectivity index (χ3v) is 7.10. The second-order valence-corrected chi connectivity index (χ2v) is 12.3. The van der Waals surface area contributed by atoms with Crippen LogP contribution in [0.25, 0.3) is 0 Å². The van der Waals surface area contributed by atoms with E-state index < -0.39 is 5.97 Å². The summed E-state index contributed by atoms with van der Waals surface area (Å²) in [7, 11) is 0. The summed E-state index contributed by atoms with van der Waals surface area (Å²) in [5.74, 6) is -0.224. The fourth-order valence-corrected chi connectivity index (χ4v) is 4.99. The van der Waals surface area contributed by atoms with E-state index in [1.165, 1.54) is 35.3 Å². The van der Waals surface area contributed by atoms with Gasteiger partial charge in [-0.05, 0) is 47.3 Å². The van der Waals surface area contributed by atoms with Crippen LogP contribution in [0.15, 0.2) is 35.2 Å². The molecule has 0 heterocycles. The molecule has 0 aliphatic heterocycles. The van der Waals surface area contributed by atoms with Gasteiger partial charge in [0.2, 0.25) is 5.91 Å². The molecule has 1 amide bonds. The lowest BCUT2D eigenvalue weighted by Crippen LogP contribution is -2.36. The molecule has 0 aromatic heterocycles. The molecule has 1 aromatic carbocycles. The number of rotatable bonds is 14. The maximum atomic E-state index is 12.5. The van der Waals surface area contributed by atoms with Crippen molar-refractivity contribution < 1.29 is 14.7 Å². The maximum Gasteiger partial charge on any atom is 0.303 e. The zero-order chi connectivity index (χ0) is 25.8. The van der Waals surface area contributed by atoms with Crippen LogP contribution in [0.4, 0.5) is 0 Å². The lowest BCUT2D eigenvalue weighted by molar-refractivity contribution is -0.137. The van der Waals surface area contributed by atoms with E-state index in [-0.39, 0.29) is 29.2 Å². The fraction of sp³-hybridized carbons (Fsp3) is 0.655. The minimum Gasteiger partial charge on any atom is -0.481 e. The molecule has 0 fully saturated rings. The Morgan fingerprint density at radius 1 is 1.03 bits per heavy atom. The zero-order valence-electron chi connectivity index (χ0n) is 22.5. The van der Waals surface area contributed by atoms with Crippen molar-refractivity contribution in [2.45, 2.75) is 122 Å². The topological polar surface area (TPSA) is 66.4 Å². The second kappa shape index (κ2) is 14.6. The first-order valence-electron chi connectivity index (χ1n) is 12.8. The number of allylic oxidation sites excluding steroid dienone is 1. The molecule has 0 spiro atoms. The van der Waals surface area contributed by atoms with Gasteiger partial charge in [0.1, 0.15) is 0 Å². The molecule has 1 aromatic rings. The Kier molecular flexibility index (Phi) is 13.0. The standard InChI is InChI=1S/C29H47NO3S/c1-8-9-10-11-12-13-14-15-26(31)30-23(17-19-27(32)33)21-34-25-18-16-22(28(2,3)4)20-24(25)29(5,6)7/h13-14,16,18,20,23H,8-12,15,17,19,21H2,1-7H3,(H,30,31)(H,32,33)/b14-13+/t23-/m0/s1. The van der Waals surface area contributed by atoms with Crippen molar-refractivity contribution in [2.24, 2.45) is 0 Å². The molecule has 2 N–H and O–H groups in total. The van der Waals surface area contributed by atoms with E-state index in [1.807, 2.05) is 6.08 Å². The van der Waals surface area contributed by atoms with Crippen LogP contribution in [-0.4, -0.2) is 28.8 Å². The molecule has 192 valence electrons. The Morgan fingerprint density at radius 3 is 2.32 bits per heavy atom. The number of carboxylic acid groups (broad SMARTS) is 1. The van der Waals surface area contributed by atoms with Crippen molar-refractivity contribution in [3.63, 3.8) is 0 Å². The number of hydrogen-bond acceptors (Lipinski definition) is 3. The summed E-state index contributed by atoms with van der Waals surface area (Å²) in [5.41, 5.74) is 2.66. The van der Waals surface area contributed by atoms with Gasteiger partial charge in [0.25, 0.3) is 0 Å². The molecule has 0 aliphatic carbocycles.